The SMILES string of the molecule is CC[N+]1=c2cc3c(cc2CCC1)=C(c1ccccc1C(=O)N(C)CCCC(=O)ON1C(=O)CCC1=O)c1ccc(N(C)C)cc1C3(C)C. The van der Waals surface area contributed by atoms with Crippen molar-refractivity contribution in [1.29, 1.82) is 0 Å². The molecule has 3 amide bonds. The highest BCUT2D eigenvalue weighted by Gasteiger charge is 2.36. The highest BCUT2D eigenvalue weighted by molar-refractivity contribution is 6.02. The van der Waals surface area contributed by atoms with Crippen LogP contribution in [0.25, 0.3) is 5.57 Å². The number of rotatable bonds is 9. The van der Waals surface area contributed by atoms with Gasteiger partial charge in [0.2, 0.25) is 5.36 Å². The van der Waals surface area contributed by atoms with E-state index >= 15 is 0 Å². The summed E-state index contributed by atoms with van der Waals surface area (Å²) in [6.07, 6.45) is 2.51. The van der Waals surface area contributed by atoms with E-state index in [1.165, 1.54) is 27.3 Å². The summed E-state index contributed by atoms with van der Waals surface area (Å²) in [5.74, 6) is -1.84. The predicted octanol–water partition coefficient (Wildman–Crippen LogP) is 3.56. The number of imide groups is 1. The quantitative estimate of drug-likeness (QED) is 0.260. The Balaban J connectivity index is 1.40. The molecule has 3 aromatic carbocycles. The molecule has 0 aromatic heterocycles. The summed E-state index contributed by atoms with van der Waals surface area (Å²) in [6, 6.07) is 19.2. The van der Waals surface area contributed by atoms with E-state index in [2.05, 4.69) is 74.7 Å². The molecule has 0 saturated carbocycles. The van der Waals surface area contributed by atoms with Gasteiger partial charge >= 0.3 is 5.97 Å². The smallest absolute Gasteiger partial charge is 0.333 e. The second kappa shape index (κ2) is 13.0. The summed E-state index contributed by atoms with van der Waals surface area (Å²) in [5.41, 5.74) is 8.31. The molecular weight excluding hydrogens is 604 g/mol. The van der Waals surface area contributed by atoms with Gasteiger partial charge in [0, 0.05) is 81.7 Å². The van der Waals surface area contributed by atoms with E-state index in [1.54, 1.807) is 11.9 Å². The number of hydroxylamine groups is 2. The fourth-order valence-electron chi connectivity index (χ4n) is 7.35. The maximum Gasteiger partial charge on any atom is 0.333 e. The summed E-state index contributed by atoms with van der Waals surface area (Å²) >= 11 is 0. The fourth-order valence-corrected chi connectivity index (χ4v) is 7.35. The first-order chi connectivity index (χ1) is 22.9. The molecule has 48 heavy (non-hydrogen) atoms. The van der Waals surface area contributed by atoms with E-state index in [-0.39, 0.29) is 30.6 Å². The number of anilines is 1. The zero-order valence-electron chi connectivity index (χ0n) is 28.9. The van der Waals surface area contributed by atoms with Crippen molar-refractivity contribution in [1.82, 2.24) is 14.5 Å². The Morgan fingerprint density at radius 3 is 2.35 bits per heavy atom. The largest absolute Gasteiger partial charge is 0.378 e. The summed E-state index contributed by atoms with van der Waals surface area (Å²) in [7, 11) is 5.84. The molecule has 6 rings (SSSR count). The minimum absolute atomic E-state index is 0.0301. The molecule has 2 heterocycles. The molecule has 2 aliphatic heterocycles. The van der Waals surface area contributed by atoms with Gasteiger partial charge in [-0.05, 0) is 77.1 Å². The van der Waals surface area contributed by atoms with Gasteiger partial charge in [0.1, 0.15) is 13.1 Å². The van der Waals surface area contributed by atoms with Gasteiger partial charge in [-0.25, -0.2) is 9.37 Å². The van der Waals surface area contributed by atoms with Crippen LogP contribution in [0.1, 0.15) is 91.1 Å². The molecule has 1 aliphatic carbocycles. The standard InChI is InChI=1S/C39H45N4O5/c1-7-42-21-10-12-25-22-30-32(24-33(25)42)39(2,3)31-23-26(40(4)5)16-17-29(31)37(30)27-13-8-9-14-28(27)38(47)41(6)20-11-15-36(46)48-43-34(44)18-19-35(43)45/h8-9,13-14,16-17,22-24H,7,10-12,15,18-21H2,1-6H3/q+1. The zero-order chi connectivity index (χ0) is 34.3. The first-order valence-corrected chi connectivity index (χ1v) is 17.0. The normalized spacial score (nSPS) is 16.3. The Labute approximate surface area is 282 Å². The lowest BCUT2D eigenvalue weighted by Crippen LogP contribution is -2.43. The third-order valence-corrected chi connectivity index (χ3v) is 10.1. The van der Waals surface area contributed by atoms with Gasteiger partial charge in [-0.2, -0.15) is 0 Å². The number of aryl methyl sites for hydroxylation is 1. The molecular formula is C39H45N4O5+. The average molecular weight is 650 g/mol. The van der Waals surface area contributed by atoms with E-state index in [0.717, 1.165) is 48.3 Å². The Morgan fingerprint density at radius 1 is 0.917 bits per heavy atom. The molecule has 1 fully saturated rings. The van der Waals surface area contributed by atoms with Crippen LogP contribution in [0.2, 0.25) is 0 Å². The van der Waals surface area contributed by atoms with Crippen molar-refractivity contribution in [2.75, 3.05) is 45.7 Å². The lowest BCUT2D eigenvalue weighted by molar-refractivity contribution is -0.197. The van der Waals surface area contributed by atoms with Crippen molar-refractivity contribution >= 4 is 35.0 Å². The second-order valence-electron chi connectivity index (χ2n) is 13.8. The van der Waals surface area contributed by atoms with Crippen LogP contribution >= 0.6 is 0 Å². The van der Waals surface area contributed by atoms with Gasteiger partial charge in [0.25, 0.3) is 17.7 Å². The minimum Gasteiger partial charge on any atom is -0.378 e. The van der Waals surface area contributed by atoms with Crippen molar-refractivity contribution in [2.45, 2.75) is 64.7 Å². The first-order valence-electron chi connectivity index (χ1n) is 17.0. The predicted molar refractivity (Wildman–Crippen MR) is 185 cm³/mol. The first kappa shape index (κ1) is 33.1. The van der Waals surface area contributed by atoms with Crippen LogP contribution in [0.15, 0.2) is 54.6 Å². The molecule has 0 unspecified atom stereocenters. The molecule has 9 heteroatoms. The summed E-state index contributed by atoms with van der Waals surface area (Å²) < 4.78 is 2.48. The molecule has 1 saturated heterocycles. The highest BCUT2D eigenvalue weighted by Crippen LogP contribution is 2.42. The number of fused-ring (bicyclic) bond motifs is 3. The Bertz CT molecular complexity index is 1940. The van der Waals surface area contributed by atoms with Gasteiger partial charge in [0.05, 0.1) is 0 Å². The van der Waals surface area contributed by atoms with Gasteiger partial charge < -0.3 is 14.6 Å². The van der Waals surface area contributed by atoms with E-state index in [1.807, 2.05) is 24.3 Å². The van der Waals surface area contributed by atoms with Crippen molar-refractivity contribution in [3.05, 3.63) is 98.6 Å². The van der Waals surface area contributed by atoms with Crippen LogP contribution in [0.5, 0.6) is 0 Å². The summed E-state index contributed by atoms with van der Waals surface area (Å²) in [5, 5.41) is 3.03. The van der Waals surface area contributed by atoms with Gasteiger partial charge in [-0.15, -0.1) is 5.06 Å². The topological polar surface area (TPSA) is 90.2 Å². The van der Waals surface area contributed by atoms with Crippen LogP contribution < -0.4 is 20.1 Å². The van der Waals surface area contributed by atoms with Crippen LogP contribution in [-0.4, -0.2) is 74.4 Å². The van der Waals surface area contributed by atoms with Gasteiger partial charge in [-0.1, -0.05) is 38.1 Å². The third kappa shape index (κ3) is 5.91. The van der Waals surface area contributed by atoms with Gasteiger partial charge in [-0.3, -0.25) is 14.4 Å². The van der Waals surface area contributed by atoms with Crippen LogP contribution in [0.3, 0.4) is 0 Å². The van der Waals surface area contributed by atoms with Crippen molar-refractivity contribution in [2.24, 2.45) is 0 Å². The highest BCUT2D eigenvalue weighted by atomic mass is 16.7. The van der Waals surface area contributed by atoms with Crippen LogP contribution in [0, 0.1) is 0 Å². The second-order valence-corrected chi connectivity index (χ2v) is 13.8. The molecule has 0 atom stereocenters. The summed E-state index contributed by atoms with van der Waals surface area (Å²) in [4.78, 5) is 58.9. The molecule has 0 radical (unpaired) electrons. The molecule has 9 nitrogen and oxygen atoms in total. The lowest BCUT2D eigenvalue weighted by Gasteiger charge is -2.36. The molecule has 0 N–H and O–H groups in total. The molecule has 0 bridgehead atoms. The zero-order valence-corrected chi connectivity index (χ0v) is 28.9. The van der Waals surface area contributed by atoms with Crippen molar-refractivity contribution < 1.29 is 24.0 Å². The number of benzene rings is 3. The molecule has 0 spiro atoms. The monoisotopic (exact) mass is 649 g/mol. The van der Waals surface area contributed by atoms with Crippen LogP contribution in [-0.2, 0) is 31.1 Å². The summed E-state index contributed by atoms with van der Waals surface area (Å²) in [6.45, 7) is 9.13. The molecule has 3 aliphatic rings. The number of carbonyl (C=O) groups excluding carboxylic acids is 4. The average Bonchev–Trinajstić information content (AvgIpc) is 3.39. The van der Waals surface area contributed by atoms with Gasteiger partial charge in [0.15, 0.2) is 0 Å². The Morgan fingerprint density at radius 2 is 1.65 bits per heavy atom. The Kier molecular flexibility index (Phi) is 8.98. The minimum atomic E-state index is -0.671. The Hall–Kier alpha value is -4.79. The number of nitrogens with zero attached hydrogens (tertiary/aromatic N) is 4. The third-order valence-electron chi connectivity index (χ3n) is 10.1. The van der Waals surface area contributed by atoms with E-state index in [9.17, 15) is 19.2 Å². The lowest BCUT2D eigenvalue weighted by atomic mass is 9.68. The maximum absolute atomic E-state index is 14.1. The molecule has 3 aromatic rings. The van der Waals surface area contributed by atoms with E-state index < -0.39 is 17.8 Å². The van der Waals surface area contributed by atoms with Crippen LogP contribution in [0.4, 0.5) is 5.69 Å². The fraction of sp³-hybridized carbons (Fsp3) is 0.410. The number of hydrogen-bond acceptors (Lipinski definition) is 6. The van der Waals surface area contributed by atoms with E-state index in [0.29, 0.717) is 23.6 Å². The van der Waals surface area contributed by atoms with Crippen molar-refractivity contribution in [3.8, 4) is 0 Å². The number of hydrogen-bond donors (Lipinski definition) is 0. The number of carbonyl (C=O) groups is 4. The number of amides is 3. The molecule has 250 valence electrons. The van der Waals surface area contributed by atoms with E-state index in [4.69, 9.17) is 4.84 Å². The van der Waals surface area contributed by atoms with Crippen molar-refractivity contribution in [3.63, 3.8) is 0 Å². The maximum atomic E-state index is 14.1.